The molecule has 102 valence electrons. The average molecular weight is 261 g/mol. The van der Waals surface area contributed by atoms with Crippen molar-refractivity contribution in [2.75, 3.05) is 14.2 Å². The van der Waals surface area contributed by atoms with E-state index in [1.807, 2.05) is 38.1 Å². The van der Waals surface area contributed by atoms with Crippen molar-refractivity contribution in [3.05, 3.63) is 46.9 Å². The van der Waals surface area contributed by atoms with Crippen LogP contribution in [0.15, 0.2) is 28.7 Å². The summed E-state index contributed by atoms with van der Waals surface area (Å²) < 4.78 is 16.0. The Morgan fingerprint density at radius 3 is 2.00 bits per heavy atom. The Hall–Kier alpha value is -1.94. The maximum atomic E-state index is 6.31. The van der Waals surface area contributed by atoms with Crippen LogP contribution in [0.2, 0.25) is 0 Å². The van der Waals surface area contributed by atoms with Crippen molar-refractivity contribution in [2.24, 2.45) is 5.73 Å². The molecule has 2 N–H and O–H groups in total. The largest absolute Gasteiger partial charge is 0.497 e. The highest BCUT2D eigenvalue weighted by Gasteiger charge is 2.16. The minimum absolute atomic E-state index is 0.263. The van der Waals surface area contributed by atoms with Gasteiger partial charge in [0.25, 0.3) is 0 Å². The van der Waals surface area contributed by atoms with Gasteiger partial charge in [-0.25, -0.2) is 0 Å². The van der Waals surface area contributed by atoms with Crippen LogP contribution in [0, 0.1) is 13.8 Å². The van der Waals surface area contributed by atoms with Gasteiger partial charge in [-0.1, -0.05) is 0 Å². The number of ether oxygens (including phenoxy) is 2. The van der Waals surface area contributed by atoms with Gasteiger partial charge in [-0.15, -0.1) is 0 Å². The van der Waals surface area contributed by atoms with Gasteiger partial charge in [0.2, 0.25) is 0 Å². The Kier molecular flexibility index (Phi) is 3.81. The number of rotatable bonds is 4. The summed E-state index contributed by atoms with van der Waals surface area (Å²) in [5, 5.41) is 0. The molecule has 1 aromatic heterocycles. The van der Waals surface area contributed by atoms with Crippen LogP contribution in [0.5, 0.6) is 11.5 Å². The molecule has 0 fully saturated rings. The van der Waals surface area contributed by atoms with E-state index < -0.39 is 0 Å². The molecule has 1 heterocycles. The van der Waals surface area contributed by atoms with Crippen molar-refractivity contribution in [3.8, 4) is 11.5 Å². The first kappa shape index (κ1) is 13.5. The number of hydrogen-bond donors (Lipinski definition) is 1. The van der Waals surface area contributed by atoms with Crippen LogP contribution in [0.25, 0.3) is 0 Å². The summed E-state index contributed by atoms with van der Waals surface area (Å²) in [4.78, 5) is 0. The van der Waals surface area contributed by atoms with E-state index in [4.69, 9.17) is 19.6 Å². The fraction of sp³-hybridized carbons (Fsp3) is 0.333. The average Bonchev–Trinajstić information content (AvgIpc) is 2.76. The molecular formula is C15H19NO3. The molecule has 2 aromatic rings. The quantitative estimate of drug-likeness (QED) is 0.919. The predicted octanol–water partition coefficient (Wildman–Crippen LogP) is 2.96. The predicted molar refractivity (Wildman–Crippen MR) is 73.8 cm³/mol. The molecule has 2 rings (SSSR count). The molecular weight excluding hydrogens is 242 g/mol. The second kappa shape index (κ2) is 5.36. The molecule has 1 unspecified atom stereocenters. The molecule has 1 atom stereocenters. The van der Waals surface area contributed by atoms with Crippen LogP contribution in [0.4, 0.5) is 0 Å². The number of furan rings is 1. The molecule has 4 heteroatoms. The van der Waals surface area contributed by atoms with E-state index in [0.717, 1.165) is 34.1 Å². The number of methoxy groups -OCH3 is 2. The highest BCUT2D eigenvalue weighted by molar-refractivity contribution is 5.43. The van der Waals surface area contributed by atoms with Crippen LogP contribution < -0.4 is 15.2 Å². The molecule has 4 nitrogen and oxygen atoms in total. The Labute approximate surface area is 113 Å². The molecule has 1 aromatic carbocycles. The molecule has 0 aliphatic carbocycles. The highest BCUT2D eigenvalue weighted by Crippen LogP contribution is 2.30. The van der Waals surface area contributed by atoms with Crippen molar-refractivity contribution >= 4 is 0 Å². The third-order valence-corrected chi connectivity index (χ3v) is 3.15. The zero-order chi connectivity index (χ0) is 14.0. The molecule has 0 radical (unpaired) electrons. The summed E-state index contributed by atoms with van der Waals surface area (Å²) in [6.07, 6.45) is 0. The van der Waals surface area contributed by atoms with E-state index in [1.165, 1.54) is 0 Å². The summed E-state index contributed by atoms with van der Waals surface area (Å²) in [5.41, 5.74) is 8.22. The zero-order valence-electron chi connectivity index (χ0n) is 11.7. The molecule has 0 bridgehead atoms. The smallest absolute Gasteiger partial charge is 0.122 e. The SMILES string of the molecule is COc1cc(OC)cc(C(N)c2cc(C)oc2C)c1. The summed E-state index contributed by atoms with van der Waals surface area (Å²) in [7, 11) is 3.24. The molecule has 0 amide bonds. The second-order valence-electron chi connectivity index (χ2n) is 4.49. The number of hydrogen-bond acceptors (Lipinski definition) is 4. The van der Waals surface area contributed by atoms with Gasteiger partial charge in [-0.2, -0.15) is 0 Å². The standard InChI is InChI=1S/C15H19NO3/c1-9-5-14(10(2)19-9)15(16)11-6-12(17-3)8-13(7-11)18-4/h5-8,15H,16H2,1-4H3. The first-order chi connectivity index (χ1) is 9.05. The Bertz CT molecular complexity index is 553. The van der Waals surface area contributed by atoms with Gasteiger partial charge in [-0.3, -0.25) is 0 Å². The van der Waals surface area contributed by atoms with Gasteiger partial charge in [0.15, 0.2) is 0 Å². The minimum Gasteiger partial charge on any atom is -0.497 e. The van der Waals surface area contributed by atoms with E-state index in [0.29, 0.717) is 0 Å². The van der Waals surface area contributed by atoms with Crippen LogP contribution in [0.3, 0.4) is 0 Å². The molecule has 0 aliphatic rings. The zero-order valence-corrected chi connectivity index (χ0v) is 11.7. The lowest BCUT2D eigenvalue weighted by Crippen LogP contribution is -2.12. The number of aryl methyl sites for hydroxylation is 2. The van der Waals surface area contributed by atoms with Crippen molar-refractivity contribution < 1.29 is 13.9 Å². The number of nitrogens with two attached hydrogens (primary N) is 1. The van der Waals surface area contributed by atoms with Gasteiger partial charge in [0.05, 0.1) is 20.3 Å². The van der Waals surface area contributed by atoms with Crippen LogP contribution in [0.1, 0.15) is 28.7 Å². The molecule has 19 heavy (non-hydrogen) atoms. The third kappa shape index (κ3) is 2.74. The number of benzene rings is 1. The Morgan fingerprint density at radius 1 is 1.00 bits per heavy atom. The van der Waals surface area contributed by atoms with E-state index >= 15 is 0 Å². The molecule has 0 saturated heterocycles. The first-order valence-electron chi connectivity index (χ1n) is 6.10. The van der Waals surface area contributed by atoms with E-state index in [9.17, 15) is 0 Å². The lowest BCUT2D eigenvalue weighted by Gasteiger charge is -2.14. The summed E-state index contributed by atoms with van der Waals surface area (Å²) in [6.45, 7) is 3.83. The fourth-order valence-electron chi connectivity index (χ4n) is 2.15. The summed E-state index contributed by atoms with van der Waals surface area (Å²) in [6, 6.07) is 7.35. The topological polar surface area (TPSA) is 57.6 Å². The monoisotopic (exact) mass is 261 g/mol. The van der Waals surface area contributed by atoms with Gasteiger partial charge in [0, 0.05) is 11.6 Å². The third-order valence-electron chi connectivity index (χ3n) is 3.15. The lowest BCUT2D eigenvalue weighted by atomic mass is 9.99. The molecule has 0 spiro atoms. The van der Waals surface area contributed by atoms with Gasteiger partial charge in [0.1, 0.15) is 23.0 Å². The normalized spacial score (nSPS) is 12.3. The maximum absolute atomic E-state index is 6.31. The van der Waals surface area contributed by atoms with Crippen molar-refractivity contribution in [2.45, 2.75) is 19.9 Å². The van der Waals surface area contributed by atoms with Crippen molar-refractivity contribution in [1.82, 2.24) is 0 Å². The van der Waals surface area contributed by atoms with Crippen LogP contribution in [-0.2, 0) is 0 Å². The van der Waals surface area contributed by atoms with E-state index in [1.54, 1.807) is 14.2 Å². The van der Waals surface area contributed by atoms with Gasteiger partial charge in [-0.05, 0) is 37.6 Å². The highest BCUT2D eigenvalue weighted by atomic mass is 16.5. The lowest BCUT2D eigenvalue weighted by molar-refractivity contribution is 0.393. The summed E-state index contributed by atoms with van der Waals surface area (Å²) in [5.74, 6) is 3.15. The van der Waals surface area contributed by atoms with Crippen molar-refractivity contribution in [1.29, 1.82) is 0 Å². The Morgan fingerprint density at radius 2 is 1.58 bits per heavy atom. The van der Waals surface area contributed by atoms with E-state index in [2.05, 4.69) is 0 Å². The fourth-order valence-corrected chi connectivity index (χ4v) is 2.15. The van der Waals surface area contributed by atoms with Gasteiger partial charge >= 0.3 is 0 Å². The van der Waals surface area contributed by atoms with Crippen LogP contribution in [-0.4, -0.2) is 14.2 Å². The van der Waals surface area contributed by atoms with Gasteiger partial charge < -0.3 is 19.6 Å². The summed E-state index contributed by atoms with van der Waals surface area (Å²) >= 11 is 0. The maximum Gasteiger partial charge on any atom is 0.122 e. The molecule has 0 saturated carbocycles. The molecule has 0 aliphatic heterocycles. The van der Waals surface area contributed by atoms with E-state index in [-0.39, 0.29) is 6.04 Å². The van der Waals surface area contributed by atoms with Crippen molar-refractivity contribution in [3.63, 3.8) is 0 Å². The first-order valence-corrected chi connectivity index (χ1v) is 6.10. The minimum atomic E-state index is -0.263. The second-order valence-corrected chi connectivity index (χ2v) is 4.49. The van der Waals surface area contributed by atoms with Crippen LogP contribution >= 0.6 is 0 Å². The Balaban J connectivity index is 2.43.